The molecular formula is C22H29F3N4O2. The number of aromatic nitrogens is 3. The van der Waals surface area contributed by atoms with Crippen LogP contribution in [0.2, 0.25) is 0 Å². The maximum Gasteiger partial charge on any atom is 0.409 e. The van der Waals surface area contributed by atoms with Gasteiger partial charge in [-0.25, -0.2) is 14.3 Å². The van der Waals surface area contributed by atoms with Crippen molar-refractivity contribution in [2.45, 2.75) is 76.4 Å². The van der Waals surface area contributed by atoms with Crippen LogP contribution in [0.5, 0.6) is 0 Å². The van der Waals surface area contributed by atoms with Crippen molar-refractivity contribution in [3.05, 3.63) is 29.2 Å². The van der Waals surface area contributed by atoms with Crippen molar-refractivity contribution >= 4 is 11.7 Å². The Morgan fingerprint density at radius 3 is 2.52 bits per heavy atom. The SMILES string of the molecule is COC(=O)N1CCC[C@@H](c2cc(C)nc3cc(C4CCC(C(F)(F)F)CC4)nn23)[C@H]1C. The van der Waals surface area contributed by atoms with Crippen LogP contribution < -0.4 is 0 Å². The van der Waals surface area contributed by atoms with Crippen molar-refractivity contribution in [2.24, 2.45) is 5.92 Å². The molecule has 1 saturated carbocycles. The molecule has 4 rings (SSSR count). The van der Waals surface area contributed by atoms with Crippen LogP contribution in [0, 0.1) is 12.8 Å². The van der Waals surface area contributed by atoms with E-state index >= 15 is 0 Å². The van der Waals surface area contributed by atoms with E-state index in [1.165, 1.54) is 7.11 Å². The number of ether oxygens (including phenoxy) is 1. The average Bonchev–Trinajstić information content (AvgIpc) is 3.16. The smallest absolute Gasteiger partial charge is 0.409 e. The zero-order valence-corrected chi connectivity index (χ0v) is 18.2. The van der Waals surface area contributed by atoms with E-state index in [2.05, 4.69) is 4.98 Å². The van der Waals surface area contributed by atoms with Crippen LogP contribution in [-0.2, 0) is 4.74 Å². The van der Waals surface area contributed by atoms with E-state index in [0.717, 1.165) is 29.9 Å². The van der Waals surface area contributed by atoms with Crippen LogP contribution in [0.1, 0.15) is 74.4 Å². The van der Waals surface area contributed by atoms with E-state index < -0.39 is 12.1 Å². The van der Waals surface area contributed by atoms with Crippen LogP contribution in [0.15, 0.2) is 12.1 Å². The van der Waals surface area contributed by atoms with E-state index in [1.54, 1.807) is 4.90 Å². The fourth-order valence-electron chi connectivity index (χ4n) is 5.24. The summed E-state index contributed by atoms with van der Waals surface area (Å²) < 4.78 is 45.9. The molecule has 1 amide bonds. The Bertz CT molecular complexity index is 950. The molecule has 0 aromatic carbocycles. The van der Waals surface area contributed by atoms with Crippen molar-refractivity contribution in [1.82, 2.24) is 19.5 Å². The first kappa shape index (κ1) is 21.9. The number of halogens is 3. The topological polar surface area (TPSA) is 59.7 Å². The summed E-state index contributed by atoms with van der Waals surface area (Å²) in [6.07, 6.45) is -1.40. The molecule has 0 bridgehead atoms. The normalized spacial score (nSPS) is 27.5. The number of rotatable bonds is 2. The van der Waals surface area contributed by atoms with Gasteiger partial charge in [-0.3, -0.25) is 0 Å². The van der Waals surface area contributed by atoms with Gasteiger partial charge in [0.25, 0.3) is 0 Å². The third-order valence-electron chi connectivity index (χ3n) is 6.99. The highest BCUT2D eigenvalue weighted by Gasteiger charge is 2.42. The highest BCUT2D eigenvalue weighted by molar-refractivity contribution is 5.68. The predicted molar refractivity (Wildman–Crippen MR) is 109 cm³/mol. The zero-order valence-electron chi connectivity index (χ0n) is 18.2. The Hall–Kier alpha value is -2.32. The lowest BCUT2D eigenvalue weighted by Crippen LogP contribution is -2.46. The molecule has 0 spiro atoms. The molecule has 0 unspecified atom stereocenters. The fraction of sp³-hybridized carbons (Fsp3) is 0.682. The number of fused-ring (bicyclic) bond motifs is 1. The second-order valence-electron chi connectivity index (χ2n) is 8.90. The van der Waals surface area contributed by atoms with Crippen LogP contribution in [0.3, 0.4) is 0 Å². The van der Waals surface area contributed by atoms with Gasteiger partial charge in [0.2, 0.25) is 0 Å². The van der Waals surface area contributed by atoms with Gasteiger partial charge in [-0.05, 0) is 58.4 Å². The predicted octanol–water partition coefficient (Wildman–Crippen LogP) is 5.21. The molecule has 6 nitrogen and oxygen atoms in total. The maximum atomic E-state index is 13.0. The summed E-state index contributed by atoms with van der Waals surface area (Å²) in [5.41, 5.74) is 3.37. The minimum absolute atomic E-state index is 0.0174. The molecule has 0 radical (unpaired) electrons. The number of amides is 1. The highest BCUT2D eigenvalue weighted by Crippen LogP contribution is 2.43. The summed E-state index contributed by atoms with van der Waals surface area (Å²) in [6, 6.07) is 3.87. The molecule has 2 aromatic heterocycles. The first-order chi connectivity index (χ1) is 14.7. The number of likely N-dealkylation sites (tertiary alicyclic amines) is 1. The number of methoxy groups -OCH3 is 1. The lowest BCUT2D eigenvalue weighted by Gasteiger charge is -2.38. The third kappa shape index (κ3) is 4.23. The summed E-state index contributed by atoms with van der Waals surface area (Å²) >= 11 is 0. The molecule has 1 saturated heterocycles. The number of nitrogens with zero attached hydrogens (tertiary/aromatic N) is 4. The van der Waals surface area contributed by atoms with Gasteiger partial charge >= 0.3 is 12.3 Å². The Kier molecular flexibility index (Phi) is 5.87. The van der Waals surface area contributed by atoms with Gasteiger partial charge in [-0.15, -0.1) is 0 Å². The number of carbonyl (C=O) groups is 1. The highest BCUT2D eigenvalue weighted by atomic mass is 19.4. The van der Waals surface area contributed by atoms with Gasteiger partial charge in [-0.1, -0.05) is 0 Å². The minimum Gasteiger partial charge on any atom is -0.453 e. The summed E-state index contributed by atoms with van der Waals surface area (Å²) in [7, 11) is 1.39. The zero-order chi connectivity index (χ0) is 22.3. The van der Waals surface area contributed by atoms with E-state index in [-0.39, 0.29) is 36.8 Å². The first-order valence-electron chi connectivity index (χ1n) is 11.0. The van der Waals surface area contributed by atoms with Crippen molar-refractivity contribution in [1.29, 1.82) is 0 Å². The molecule has 2 aliphatic rings. The van der Waals surface area contributed by atoms with Gasteiger partial charge in [0.15, 0.2) is 5.65 Å². The largest absolute Gasteiger partial charge is 0.453 e. The molecule has 0 N–H and O–H groups in total. The van der Waals surface area contributed by atoms with Crippen molar-refractivity contribution in [3.8, 4) is 0 Å². The van der Waals surface area contributed by atoms with Crippen LogP contribution in [-0.4, -0.2) is 51.5 Å². The van der Waals surface area contributed by atoms with Gasteiger partial charge in [0, 0.05) is 36.2 Å². The molecule has 2 aromatic rings. The van der Waals surface area contributed by atoms with Crippen molar-refractivity contribution in [2.75, 3.05) is 13.7 Å². The number of alkyl halides is 3. The van der Waals surface area contributed by atoms with E-state index in [0.29, 0.717) is 25.0 Å². The molecule has 2 atom stereocenters. The van der Waals surface area contributed by atoms with Crippen molar-refractivity contribution in [3.63, 3.8) is 0 Å². The van der Waals surface area contributed by atoms with E-state index in [1.807, 2.05) is 30.5 Å². The summed E-state index contributed by atoms with van der Waals surface area (Å²) in [4.78, 5) is 18.5. The Morgan fingerprint density at radius 1 is 1.16 bits per heavy atom. The lowest BCUT2D eigenvalue weighted by molar-refractivity contribution is -0.182. The standard InChI is InChI=1S/C22H29F3N4O2/c1-13-11-19(17-5-4-10-28(14(17)2)21(30)31-3)29-20(26-13)12-18(27-29)15-6-8-16(9-7-15)22(23,24)25/h11-12,14-17H,4-10H2,1-3H3/t14-,15?,16?,17-/m1/s1. The molecule has 3 heterocycles. The molecular weight excluding hydrogens is 409 g/mol. The van der Waals surface area contributed by atoms with E-state index in [9.17, 15) is 18.0 Å². The minimum atomic E-state index is -4.11. The maximum absolute atomic E-state index is 13.0. The van der Waals surface area contributed by atoms with Crippen LogP contribution in [0.4, 0.5) is 18.0 Å². The van der Waals surface area contributed by atoms with Crippen molar-refractivity contribution < 1.29 is 22.7 Å². The summed E-state index contributed by atoms with van der Waals surface area (Å²) in [6.45, 7) is 4.60. The number of piperidine rings is 1. The number of carbonyl (C=O) groups excluding carboxylic acids is 1. The number of hydrogen-bond donors (Lipinski definition) is 0. The average molecular weight is 438 g/mol. The second kappa shape index (κ2) is 8.31. The molecule has 2 fully saturated rings. The quantitative estimate of drug-likeness (QED) is 0.646. The molecule has 170 valence electrons. The Balaban J connectivity index is 1.62. The van der Waals surface area contributed by atoms with Gasteiger partial charge in [0.05, 0.1) is 24.4 Å². The number of aryl methyl sites for hydroxylation is 1. The summed E-state index contributed by atoms with van der Waals surface area (Å²) in [5.74, 6) is -1.11. The van der Waals surface area contributed by atoms with Gasteiger partial charge in [-0.2, -0.15) is 18.3 Å². The number of hydrogen-bond acceptors (Lipinski definition) is 4. The third-order valence-corrected chi connectivity index (χ3v) is 6.99. The molecule has 1 aliphatic carbocycles. The Morgan fingerprint density at radius 2 is 1.87 bits per heavy atom. The monoisotopic (exact) mass is 438 g/mol. The summed E-state index contributed by atoms with van der Waals surface area (Å²) in [5, 5.41) is 4.80. The molecule has 1 aliphatic heterocycles. The molecule has 9 heteroatoms. The van der Waals surface area contributed by atoms with Gasteiger partial charge < -0.3 is 9.64 Å². The van der Waals surface area contributed by atoms with Crippen LogP contribution in [0.25, 0.3) is 5.65 Å². The molecule has 31 heavy (non-hydrogen) atoms. The lowest BCUT2D eigenvalue weighted by atomic mass is 9.80. The van der Waals surface area contributed by atoms with Gasteiger partial charge in [0.1, 0.15) is 0 Å². The first-order valence-corrected chi connectivity index (χ1v) is 11.0. The van der Waals surface area contributed by atoms with E-state index in [4.69, 9.17) is 9.84 Å². The fourth-order valence-corrected chi connectivity index (χ4v) is 5.24. The Labute approximate surface area is 179 Å². The second-order valence-corrected chi connectivity index (χ2v) is 8.90. The van der Waals surface area contributed by atoms with Crippen LogP contribution >= 0.6 is 0 Å².